The molecule has 1 aromatic carbocycles. The molecule has 0 bridgehead atoms. The number of aliphatic hydroxyl groups excluding tert-OH is 1. The first-order valence-corrected chi connectivity index (χ1v) is 7.66. The summed E-state index contributed by atoms with van der Waals surface area (Å²) in [5.41, 5.74) is 0.642. The van der Waals surface area contributed by atoms with Crippen molar-refractivity contribution >= 4 is 17.9 Å². The Kier molecular flexibility index (Phi) is 4.04. The molecule has 0 saturated carbocycles. The van der Waals surface area contributed by atoms with E-state index in [4.69, 9.17) is 9.47 Å². The highest BCUT2D eigenvalue weighted by atomic mass is 19.1. The zero-order chi connectivity index (χ0) is 17.5. The van der Waals surface area contributed by atoms with Gasteiger partial charge in [-0.25, -0.2) is 4.39 Å². The number of halogens is 1. The number of aliphatic imine (C=N–C) groups is 1. The number of amides is 1. The van der Waals surface area contributed by atoms with Gasteiger partial charge in [-0.3, -0.25) is 4.79 Å². The summed E-state index contributed by atoms with van der Waals surface area (Å²) in [7, 11) is 0. The second kappa shape index (κ2) is 5.90. The van der Waals surface area contributed by atoms with Gasteiger partial charge in [-0.2, -0.15) is 4.99 Å². The van der Waals surface area contributed by atoms with Crippen LogP contribution in [0.1, 0.15) is 32.8 Å². The number of hydrogen-bond acceptors (Lipinski definition) is 5. The number of nitrogens with zero attached hydrogens (tertiary/aromatic N) is 1. The van der Waals surface area contributed by atoms with Gasteiger partial charge in [0.05, 0.1) is 6.61 Å². The van der Waals surface area contributed by atoms with Gasteiger partial charge < -0.3 is 19.9 Å². The van der Waals surface area contributed by atoms with Crippen LogP contribution in [0, 0.1) is 11.2 Å². The Morgan fingerprint density at radius 3 is 2.88 bits per heavy atom. The molecule has 0 radical (unpaired) electrons. The highest BCUT2D eigenvalue weighted by molar-refractivity contribution is 6.24. The maximum absolute atomic E-state index is 14.2. The quantitative estimate of drug-likeness (QED) is 0.888. The van der Waals surface area contributed by atoms with Crippen molar-refractivity contribution < 1.29 is 23.8 Å². The molecular weight excluding hydrogens is 315 g/mol. The average Bonchev–Trinajstić information content (AvgIpc) is 2.45. The van der Waals surface area contributed by atoms with Crippen LogP contribution in [0.15, 0.2) is 22.7 Å². The first kappa shape index (κ1) is 16.4. The largest absolute Gasteiger partial charge is 0.490 e. The van der Waals surface area contributed by atoms with Crippen LogP contribution in [0.5, 0.6) is 11.5 Å². The Morgan fingerprint density at radius 1 is 1.42 bits per heavy atom. The molecule has 0 saturated heterocycles. The third-order valence-electron chi connectivity index (χ3n) is 3.66. The fourth-order valence-electron chi connectivity index (χ4n) is 2.30. The Balaban J connectivity index is 1.86. The monoisotopic (exact) mass is 334 g/mol. The van der Waals surface area contributed by atoms with Crippen LogP contribution in [0.25, 0.3) is 6.08 Å². The normalized spacial score (nSPS) is 19.4. The van der Waals surface area contributed by atoms with Crippen LogP contribution in [0.4, 0.5) is 4.39 Å². The van der Waals surface area contributed by atoms with Crippen LogP contribution in [0.2, 0.25) is 0 Å². The van der Waals surface area contributed by atoms with Crippen LogP contribution in [0.3, 0.4) is 0 Å². The first-order chi connectivity index (χ1) is 11.2. The summed E-state index contributed by atoms with van der Waals surface area (Å²) < 4.78 is 25.2. The number of hydrogen-bond donors (Lipinski definition) is 2. The number of ether oxygens (including phenoxy) is 2. The molecule has 1 atom stereocenters. The number of nitrogens with one attached hydrogen (secondary N) is 1. The number of carbonyl (C=O) groups excluding carboxylic acids is 1. The second-order valence-electron chi connectivity index (χ2n) is 6.92. The summed E-state index contributed by atoms with van der Waals surface area (Å²) in [6.07, 6.45) is 0.892. The van der Waals surface area contributed by atoms with Crippen molar-refractivity contribution in [3.63, 3.8) is 0 Å². The molecule has 2 aliphatic heterocycles. The minimum Gasteiger partial charge on any atom is -0.490 e. The van der Waals surface area contributed by atoms with Gasteiger partial charge in [0.25, 0.3) is 5.91 Å². The van der Waals surface area contributed by atoms with E-state index in [1.165, 1.54) is 18.2 Å². The van der Waals surface area contributed by atoms with Gasteiger partial charge in [0.2, 0.25) is 12.2 Å². The molecule has 0 fully saturated rings. The zero-order valence-electron chi connectivity index (χ0n) is 13.7. The summed E-state index contributed by atoms with van der Waals surface area (Å²) >= 11 is 0. The van der Waals surface area contributed by atoms with E-state index in [0.717, 1.165) is 6.42 Å². The van der Waals surface area contributed by atoms with Crippen molar-refractivity contribution in [1.29, 1.82) is 0 Å². The van der Waals surface area contributed by atoms with Crippen molar-refractivity contribution in [1.82, 2.24) is 5.32 Å². The highest BCUT2D eigenvalue weighted by Gasteiger charge is 2.31. The average molecular weight is 334 g/mol. The van der Waals surface area contributed by atoms with Crippen LogP contribution in [-0.4, -0.2) is 29.9 Å². The second-order valence-corrected chi connectivity index (χ2v) is 6.92. The summed E-state index contributed by atoms with van der Waals surface area (Å²) in [4.78, 5) is 15.6. The standard InChI is InChI=1S/C17H19FN2O4/c1-17(2,3)4-5-23-13-8-12-9(7-11(13)18)6-10-14(21)19-16(22)20-15(10)24-12/h6-8,16,22H,4-5H2,1-3H3,(H,19,21). The maximum atomic E-state index is 14.2. The van der Waals surface area contributed by atoms with E-state index < -0.39 is 18.1 Å². The van der Waals surface area contributed by atoms with Gasteiger partial charge >= 0.3 is 0 Å². The SMILES string of the molecule is CC(C)(C)CCOc1cc2c(cc1F)C=C1C(=O)NC(O)N=C1O2. The third kappa shape index (κ3) is 3.41. The maximum Gasteiger partial charge on any atom is 0.260 e. The highest BCUT2D eigenvalue weighted by Crippen LogP contribution is 2.34. The lowest BCUT2D eigenvalue weighted by Gasteiger charge is -2.25. The van der Waals surface area contributed by atoms with E-state index in [1.807, 2.05) is 0 Å². The van der Waals surface area contributed by atoms with Gasteiger partial charge in [-0.05, 0) is 24.0 Å². The molecule has 6 nitrogen and oxygen atoms in total. The van der Waals surface area contributed by atoms with Crippen LogP contribution < -0.4 is 14.8 Å². The van der Waals surface area contributed by atoms with Gasteiger partial charge in [0.15, 0.2) is 11.6 Å². The molecule has 0 aliphatic carbocycles. The van der Waals surface area contributed by atoms with Crippen LogP contribution in [-0.2, 0) is 4.79 Å². The van der Waals surface area contributed by atoms with Gasteiger partial charge in [0, 0.05) is 11.6 Å². The Hall–Kier alpha value is -2.41. The molecule has 2 heterocycles. The molecule has 0 aromatic heterocycles. The Bertz CT molecular complexity index is 750. The van der Waals surface area contributed by atoms with Crippen molar-refractivity contribution in [3.05, 3.63) is 29.1 Å². The predicted octanol–water partition coefficient (Wildman–Crippen LogP) is 2.22. The molecule has 1 amide bonds. The number of aliphatic hydroxyl groups is 1. The van der Waals surface area contributed by atoms with Crippen molar-refractivity contribution in [3.8, 4) is 11.5 Å². The Morgan fingerprint density at radius 2 is 2.17 bits per heavy atom. The third-order valence-corrected chi connectivity index (χ3v) is 3.66. The molecule has 24 heavy (non-hydrogen) atoms. The molecule has 7 heteroatoms. The zero-order valence-corrected chi connectivity index (χ0v) is 13.7. The molecule has 2 N–H and O–H groups in total. The predicted molar refractivity (Wildman–Crippen MR) is 86.2 cm³/mol. The van der Waals surface area contributed by atoms with Crippen molar-refractivity contribution in [2.75, 3.05) is 6.61 Å². The number of benzene rings is 1. The lowest BCUT2D eigenvalue weighted by atomic mass is 9.93. The number of fused-ring (bicyclic) bond motifs is 2. The van der Waals surface area contributed by atoms with Crippen molar-refractivity contribution in [2.45, 2.75) is 33.5 Å². The molecule has 2 aliphatic rings. The molecule has 0 spiro atoms. The summed E-state index contributed by atoms with van der Waals surface area (Å²) in [6.45, 7) is 6.61. The smallest absolute Gasteiger partial charge is 0.260 e. The number of carbonyl (C=O) groups is 1. The fraction of sp³-hybridized carbons (Fsp3) is 0.412. The van der Waals surface area contributed by atoms with E-state index in [0.29, 0.717) is 17.9 Å². The first-order valence-electron chi connectivity index (χ1n) is 7.66. The van der Waals surface area contributed by atoms with E-state index in [-0.39, 0.29) is 22.6 Å². The van der Waals surface area contributed by atoms with Gasteiger partial charge in [0.1, 0.15) is 11.3 Å². The van der Waals surface area contributed by atoms with E-state index >= 15 is 0 Å². The number of rotatable bonds is 3. The summed E-state index contributed by atoms with van der Waals surface area (Å²) in [5.74, 6) is -0.641. The molecule has 128 valence electrons. The summed E-state index contributed by atoms with van der Waals surface area (Å²) in [5, 5.41) is 11.7. The lowest BCUT2D eigenvalue weighted by Crippen LogP contribution is -2.43. The fourth-order valence-corrected chi connectivity index (χ4v) is 2.30. The molecule has 1 aromatic rings. The van der Waals surface area contributed by atoms with Gasteiger partial charge in [-0.15, -0.1) is 0 Å². The molecule has 3 rings (SSSR count). The van der Waals surface area contributed by atoms with E-state index in [9.17, 15) is 14.3 Å². The minimum absolute atomic E-state index is 0.00556. The van der Waals surface area contributed by atoms with Crippen LogP contribution >= 0.6 is 0 Å². The minimum atomic E-state index is -1.35. The molecular formula is C17H19FN2O4. The topological polar surface area (TPSA) is 80.2 Å². The van der Waals surface area contributed by atoms with E-state index in [1.54, 1.807) is 0 Å². The summed E-state index contributed by atoms with van der Waals surface area (Å²) in [6, 6.07) is 2.69. The van der Waals surface area contributed by atoms with E-state index in [2.05, 4.69) is 31.1 Å². The Labute approximate surface area is 139 Å². The van der Waals surface area contributed by atoms with Gasteiger partial charge in [-0.1, -0.05) is 20.8 Å². The van der Waals surface area contributed by atoms with Crippen molar-refractivity contribution in [2.24, 2.45) is 10.4 Å². The molecule has 1 unspecified atom stereocenters. The lowest BCUT2D eigenvalue weighted by molar-refractivity contribution is -0.120.